The molecule has 0 spiro atoms. The van der Waals surface area contributed by atoms with Crippen molar-refractivity contribution in [1.82, 2.24) is 10.2 Å². The van der Waals surface area contributed by atoms with E-state index in [4.69, 9.17) is 0 Å². The summed E-state index contributed by atoms with van der Waals surface area (Å²) in [5.41, 5.74) is 0.349. The van der Waals surface area contributed by atoms with Crippen LogP contribution in [0.3, 0.4) is 0 Å². The molecule has 1 fully saturated rings. The first-order valence-electron chi connectivity index (χ1n) is 7.91. The quantitative estimate of drug-likeness (QED) is 0.746. The van der Waals surface area contributed by atoms with E-state index in [0.29, 0.717) is 11.5 Å². The Labute approximate surface area is 115 Å². The van der Waals surface area contributed by atoms with E-state index in [1.54, 1.807) is 0 Å². The third-order valence-electron chi connectivity index (χ3n) is 4.73. The molecule has 1 saturated carbocycles. The van der Waals surface area contributed by atoms with Gasteiger partial charge in [0.05, 0.1) is 0 Å². The number of nitrogens with one attached hydrogen (secondary N) is 1. The van der Waals surface area contributed by atoms with Crippen LogP contribution in [0.4, 0.5) is 0 Å². The highest BCUT2D eigenvalue weighted by atomic mass is 15.1. The molecule has 1 rings (SSSR count). The van der Waals surface area contributed by atoms with E-state index >= 15 is 0 Å². The minimum absolute atomic E-state index is 0.349. The number of rotatable bonds is 7. The van der Waals surface area contributed by atoms with Crippen molar-refractivity contribution in [1.29, 1.82) is 0 Å². The zero-order valence-corrected chi connectivity index (χ0v) is 13.3. The van der Waals surface area contributed by atoms with Crippen molar-refractivity contribution >= 4 is 0 Å². The molecule has 2 nitrogen and oxygen atoms in total. The van der Waals surface area contributed by atoms with Crippen LogP contribution in [-0.4, -0.2) is 37.1 Å². The van der Waals surface area contributed by atoms with Gasteiger partial charge in [-0.3, -0.25) is 0 Å². The van der Waals surface area contributed by atoms with Gasteiger partial charge in [-0.15, -0.1) is 0 Å². The molecule has 0 aromatic rings. The first-order chi connectivity index (χ1) is 8.47. The Morgan fingerprint density at radius 1 is 1.22 bits per heavy atom. The van der Waals surface area contributed by atoms with E-state index < -0.39 is 0 Å². The Balaban J connectivity index is 2.41. The second-order valence-corrected chi connectivity index (χ2v) is 6.87. The number of nitrogens with zero attached hydrogens (tertiary/aromatic N) is 1. The van der Waals surface area contributed by atoms with E-state index in [2.05, 4.69) is 45.0 Å². The molecular formula is C16H34N2. The van der Waals surface area contributed by atoms with Crippen LogP contribution < -0.4 is 5.32 Å². The number of hydrogen-bond acceptors (Lipinski definition) is 2. The van der Waals surface area contributed by atoms with Crippen molar-refractivity contribution in [2.24, 2.45) is 5.41 Å². The zero-order chi connectivity index (χ0) is 13.6. The Morgan fingerprint density at radius 3 is 2.39 bits per heavy atom. The van der Waals surface area contributed by atoms with E-state index in [0.717, 1.165) is 12.6 Å². The maximum Gasteiger partial charge on any atom is 0.0102 e. The lowest BCUT2D eigenvalue weighted by Crippen LogP contribution is -2.48. The van der Waals surface area contributed by atoms with Crippen molar-refractivity contribution in [3.8, 4) is 0 Å². The van der Waals surface area contributed by atoms with Crippen LogP contribution in [0.5, 0.6) is 0 Å². The highest BCUT2D eigenvalue weighted by Crippen LogP contribution is 2.27. The molecule has 1 unspecified atom stereocenters. The third-order valence-corrected chi connectivity index (χ3v) is 4.73. The summed E-state index contributed by atoms with van der Waals surface area (Å²) in [5.74, 6) is 0. The second-order valence-electron chi connectivity index (χ2n) is 6.87. The Kier molecular flexibility index (Phi) is 6.65. The first kappa shape index (κ1) is 16.0. The predicted molar refractivity (Wildman–Crippen MR) is 81.0 cm³/mol. The van der Waals surface area contributed by atoms with Crippen LogP contribution in [0.25, 0.3) is 0 Å². The van der Waals surface area contributed by atoms with Crippen LogP contribution in [0.2, 0.25) is 0 Å². The van der Waals surface area contributed by atoms with Gasteiger partial charge in [-0.1, -0.05) is 40.0 Å². The van der Waals surface area contributed by atoms with Gasteiger partial charge in [-0.25, -0.2) is 0 Å². The van der Waals surface area contributed by atoms with E-state index in [9.17, 15) is 0 Å². The molecule has 18 heavy (non-hydrogen) atoms. The summed E-state index contributed by atoms with van der Waals surface area (Å²) in [5, 5.41) is 3.65. The van der Waals surface area contributed by atoms with E-state index in [1.807, 2.05) is 0 Å². The van der Waals surface area contributed by atoms with Crippen LogP contribution in [0, 0.1) is 5.41 Å². The average Bonchev–Trinajstić information content (AvgIpc) is 2.36. The molecule has 108 valence electrons. The maximum absolute atomic E-state index is 3.65. The Morgan fingerprint density at radius 2 is 1.83 bits per heavy atom. The molecule has 1 aliphatic rings. The van der Waals surface area contributed by atoms with Gasteiger partial charge in [-0.2, -0.15) is 0 Å². The van der Waals surface area contributed by atoms with Crippen molar-refractivity contribution in [3.05, 3.63) is 0 Å². The molecule has 1 atom stereocenters. The van der Waals surface area contributed by atoms with Gasteiger partial charge in [0.15, 0.2) is 0 Å². The van der Waals surface area contributed by atoms with Crippen molar-refractivity contribution in [2.45, 2.75) is 78.3 Å². The standard InChI is InChI=1S/C16H34N2/c1-6-12-17-14(2)16(3,4)13-18(5)15-10-8-7-9-11-15/h14-15,17H,6-13H2,1-5H3. The van der Waals surface area contributed by atoms with Crippen LogP contribution in [0.1, 0.15) is 66.2 Å². The molecule has 0 saturated heterocycles. The summed E-state index contributed by atoms with van der Waals surface area (Å²) in [4.78, 5) is 2.61. The summed E-state index contributed by atoms with van der Waals surface area (Å²) in [6, 6.07) is 1.42. The summed E-state index contributed by atoms with van der Waals surface area (Å²) in [6.07, 6.45) is 8.34. The maximum atomic E-state index is 3.65. The molecule has 1 N–H and O–H groups in total. The van der Waals surface area contributed by atoms with Gasteiger partial charge in [0.2, 0.25) is 0 Å². The fourth-order valence-corrected chi connectivity index (χ4v) is 3.07. The van der Waals surface area contributed by atoms with Crippen molar-refractivity contribution < 1.29 is 0 Å². The number of hydrogen-bond donors (Lipinski definition) is 1. The van der Waals surface area contributed by atoms with Gasteiger partial charge in [0, 0.05) is 18.6 Å². The molecule has 1 aliphatic carbocycles. The smallest absolute Gasteiger partial charge is 0.0102 e. The fraction of sp³-hybridized carbons (Fsp3) is 1.00. The van der Waals surface area contributed by atoms with Crippen LogP contribution in [0.15, 0.2) is 0 Å². The van der Waals surface area contributed by atoms with E-state index in [-0.39, 0.29) is 0 Å². The summed E-state index contributed by atoms with van der Waals surface area (Å²) in [6.45, 7) is 11.7. The summed E-state index contributed by atoms with van der Waals surface area (Å²) < 4.78 is 0. The topological polar surface area (TPSA) is 15.3 Å². The van der Waals surface area contributed by atoms with Gasteiger partial charge in [-0.05, 0) is 45.2 Å². The molecule has 0 heterocycles. The lowest BCUT2D eigenvalue weighted by Gasteiger charge is -2.40. The minimum atomic E-state index is 0.349. The monoisotopic (exact) mass is 254 g/mol. The molecule has 0 aliphatic heterocycles. The van der Waals surface area contributed by atoms with Gasteiger partial charge < -0.3 is 10.2 Å². The summed E-state index contributed by atoms with van der Waals surface area (Å²) in [7, 11) is 2.32. The summed E-state index contributed by atoms with van der Waals surface area (Å²) >= 11 is 0. The Hall–Kier alpha value is -0.0800. The lowest BCUT2D eigenvalue weighted by atomic mass is 9.83. The SMILES string of the molecule is CCCNC(C)C(C)(C)CN(C)C1CCCCC1. The fourth-order valence-electron chi connectivity index (χ4n) is 3.07. The van der Waals surface area contributed by atoms with E-state index in [1.165, 1.54) is 45.1 Å². The molecule has 0 aromatic heterocycles. The molecule has 0 bridgehead atoms. The minimum Gasteiger partial charge on any atom is -0.314 e. The van der Waals surface area contributed by atoms with Gasteiger partial charge >= 0.3 is 0 Å². The van der Waals surface area contributed by atoms with Crippen molar-refractivity contribution in [2.75, 3.05) is 20.1 Å². The largest absolute Gasteiger partial charge is 0.314 e. The highest BCUT2D eigenvalue weighted by Gasteiger charge is 2.29. The second kappa shape index (κ2) is 7.49. The molecule has 0 aromatic carbocycles. The normalized spacial score (nSPS) is 20.3. The zero-order valence-electron chi connectivity index (χ0n) is 13.3. The Bertz CT molecular complexity index is 219. The predicted octanol–water partition coefficient (Wildman–Crippen LogP) is 3.67. The molecule has 0 radical (unpaired) electrons. The van der Waals surface area contributed by atoms with Crippen LogP contribution in [-0.2, 0) is 0 Å². The first-order valence-corrected chi connectivity index (χ1v) is 7.91. The van der Waals surface area contributed by atoms with Crippen molar-refractivity contribution in [3.63, 3.8) is 0 Å². The molecular weight excluding hydrogens is 220 g/mol. The van der Waals surface area contributed by atoms with Gasteiger partial charge in [0.25, 0.3) is 0 Å². The lowest BCUT2D eigenvalue weighted by molar-refractivity contribution is 0.110. The average molecular weight is 254 g/mol. The third kappa shape index (κ3) is 4.89. The van der Waals surface area contributed by atoms with Crippen LogP contribution >= 0.6 is 0 Å². The molecule has 0 amide bonds. The van der Waals surface area contributed by atoms with Gasteiger partial charge in [0.1, 0.15) is 0 Å². The molecule has 2 heteroatoms. The highest BCUT2D eigenvalue weighted by molar-refractivity contribution is 4.85.